The normalized spacial score (nSPS) is 10.2. The van der Waals surface area contributed by atoms with Crippen LogP contribution in [0.2, 0.25) is 0 Å². The van der Waals surface area contributed by atoms with Gasteiger partial charge >= 0.3 is 0 Å². The molecule has 1 amide bonds. The minimum Gasteiger partial charge on any atom is -0.307 e. The van der Waals surface area contributed by atoms with Gasteiger partial charge in [-0.15, -0.1) is 0 Å². The van der Waals surface area contributed by atoms with E-state index < -0.39 is 0 Å². The zero-order valence-electron chi connectivity index (χ0n) is 10.2. The van der Waals surface area contributed by atoms with E-state index in [1.165, 1.54) is 0 Å². The van der Waals surface area contributed by atoms with Crippen molar-refractivity contribution in [2.24, 2.45) is 0 Å². The molecule has 18 heavy (non-hydrogen) atoms. The number of nitrogens with one attached hydrogen (secondary N) is 1. The number of anilines is 1. The molecule has 0 aliphatic carbocycles. The van der Waals surface area contributed by atoms with Gasteiger partial charge in [0.2, 0.25) is 0 Å². The number of aromatic nitrogens is 1. The van der Waals surface area contributed by atoms with Gasteiger partial charge in [-0.05, 0) is 66.3 Å². The molecule has 0 bridgehead atoms. The molecule has 0 radical (unpaired) electrons. The second-order valence-corrected chi connectivity index (χ2v) is 5.27. The molecule has 1 heterocycles. The Labute approximate surface area is 120 Å². The van der Waals surface area contributed by atoms with Crippen molar-refractivity contribution in [2.45, 2.75) is 13.8 Å². The number of hydrogen-bond donors (Lipinski definition) is 1. The van der Waals surface area contributed by atoms with E-state index in [2.05, 4.69) is 32.9 Å². The van der Waals surface area contributed by atoms with Crippen molar-refractivity contribution in [3.05, 3.63) is 56.8 Å². The molecule has 0 aliphatic heterocycles. The molecule has 0 spiro atoms. The highest BCUT2D eigenvalue weighted by Crippen LogP contribution is 2.14. The Hall–Kier alpha value is -1.43. The lowest BCUT2D eigenvalue weighted by molar-refractivity contribution is 0.102. The molecule has 3 nitrogen and oxygen atoms in total. The molecule has 0 atom stereocenters. The van der Waals surface area contributed by atoms with Gasteiger partial charge in [0.25, 0.3) is 5.91 Å². The Morgan fingerprint density at radius 3 is 2.61 bits per heavy atom. The fourth-order valence-electron chi connectivity index (χ4n) is 1.73. The number of carbonyl (C=O) groups is 1. The maximum absolute atomic E-state index is 12.1. The number of nitrogens with zero attached hydrogens (tertiary/aromatic N) is 1. The summed E-state index contributed by atoms with van der Waals surface area (Å²) < 4.78 is 0.928. The molecule has 1 aromatic heterocycles. The molecule has 1 aromatic carbocycles. The topological polar surface area (TPSA) is 42.0 Å². The predicted molar refractivity (Wildman–Crippen MR) is 80.8 cm³/mol. The van der Waals surface area contributed by atoms with Crippen molar-refractivity contribution < 1.29 is 4.79 Å². The highest BCUT2D eigenvalue weighted by molar-refractivity contribution is 14.1. The summed E-state index contributed by atoms with van der Waals surface area (Å²) in [6, 6.07) is 11.3. The molecule has 0 aliphatic rings. The van der Waals surface area contributed by atoms with Crippen molar-refractivity contribution in [3.63, 3.8) is 0 Å². The van der Waals surface area contributed by atoms with Crippen LogP contribution in [-0.4, -0.2) is 10.9 Å². The van der Waals surface area contributed by atoms with E-state index in [1.807, 2.05) is 44.2 Å². The van der Waals surface area contributed by atoms with E-state index >= 15 is 0 Å². The first-order valence-electron chi connectivity index (χ1n) is 5.57. The van der Waals surface area contributed by atoms with Crippen molar-refractivity contribution in [1.82, 2.24) is 4.98 Å². The summed E-state index contributed by atoms with van der Waals surface area (Å²) in [6.45, 7) is 3.89. The number of amides is 1. The lowest BCUT2D eigenvalue weighted by Crippen LogP contribution is -2.14. The molecule has 1 N–H and O–H groups in total. The lowest BCUT2D eigenvalue weighted by atomic mass is 10.2. The molecule has 4 heteroatoms. The quantitative estimate of drug-likeness (QED) is 0.840. The molecular weight excluding hydrogens is 339 g/mol. The van der Waals surface area contributed by atoms with E-state index in [9.17, 15) is 4.79 Å². The van der Waals surface area contributed by atoms with E-state index in [0.717, 1.165) is 14.8 Å². The number of rotatable bonds is 2. The molecule has 2 rings (SSSR count). The summed E-state index contributed by atoms with van der Waals surface area (Å²) >= 11 is 2.15. The number of aryl methyl sites for hydroxylation is 2. The van der Waals surface area contributed by atoms with Crippen LogP contribution in [0.15, 0.2) is 36.4 Å². The summed E-state index contributed by atoms with van der Waals surface area (Å²) in [4.78, 5) is 16.4. The number of pyridine rings is 1. The van der Waals surface area contributed by atoms with Gasteiger partial charge in [0.15, 0.2) is 0 Å². The Bertz CT molecular complexity index is 576. The molecule has 0 fully saturated rings. The largest absolute Gasteiger partial charge is 0.307 e. The fourth-order valence-corrected chi connectivity index (χ4v) is 2.37. The van der Waals surface area contributed by atoms with Crippen LogP contribution in [-0.2, 0) is 0 Å². The smallest absolute Gasteiger partial charge is 0.257 e. The van der Waals surface area contributed by atoms with Crippen LogP contribution in [0.4, 0.5) is 5.82 Å². The Balaban J connectivity index is 2.24. The average Bonchev–Trinajstić information content (AvgIpc) is 2.27. The van der Waals surface area contributed by atoms with Crippen LogP contribution < -0.4 is 5.32 Å². The molecule has 0 saturated carbocycles. The Kier molecular flexibility index (Phi) is 3.96. The second-order valence-electron chi connectivity index (χ2n) is 4.11. The Morgan fingerprint density at radius 2 is 1.94 bits per heavy atom. The number of carbonyl (C=O) groups excluding carboxylic acids is 1. The van der Waals surface area contributed by atoms with Gasteiger partial charge in [-0.1, -0.05) is 12.1 Å². The summed E-state index contributed by atoms with van der Waals surface area (Å²) in [5.74, 6) is 0.467. The van der Waals surface area contributed by atoms with Crippen LogP contribution in [0, 0.1) is 17.4 Å². The standard InChI is InChI=1S/C14H13IN2O/c1-9-7-10(2)16-13(8-9)17-14(18)11-5-3-4-6-12(11)15/h3-8H,1-2H3,(H,16,17,18). The van der Waals surface area contributed by atoms with Crippen molar-refractivity contribution in [1.29, 1.82) is 0 Å². The van der Waals surface area contributed by atoms with Gasteiger partial charge < -0.3 is 5.32 Å². The van der Waals surface area contributed by atoms with Crippen LogP contribution in [0.25, 0.3) is 0 Å². The van der Waals surface area contributed by atoms with E-state index in [4.69, 9.17) is 0 Å². The molecule has 2 aromatic rings. The van der Waals surface area contributed by atoms with Gasteiger partial charge in [-0.3, -0.25) is 4.79 Å². The second kappa shape index (κ2) is 5.48. The number of halogens is 1. The highest BCUT2D eigenvalue weighted by atomic mass is 127. The van der Waals surface area contributed by atoms with Crippen LogP contribution >= 0.6 is 22.6 Å². The lowest BCUT2D eigenvalue weighted by Gasteiger charge is -2.07. The van der Waals surface area contributed by atoms with Gasteiger partial charge in [0.05, 0.1) is 5.56 Å². The predicted octanol–water partition coefficient (Wildman–Crippen LogP) is 3.56. The summed E-state index contributed by atoms with van der Waals surface area (Å²) in [7, 11) is 0. The van der Waals surface area contributed by atoms with E-state index in [-0.39, 0.29) is 5.91 Å². The Morgan fingerprint density at radius 1 is 1.22 bits per heavy atom. The van der Waals surface area contributed by atoms with Crippen molar-refractivity contribution in [3.8, 4) is 0 Å². The van der Waals surface area contributed by atoms with Gasteiger partial charge in [-0.25, -0.2) is 4.98 Å². The average molecular weight is 352 g/mol. The zero-order chi connectivity index (χ0) is 13.1. The molecular formula is C14H13IN2O. The maximum Gasteiger partial charge on any atom is 0.257 e. The minimum atomic E-state index is -0.127. The van der Waals surface area contributed by atoms with Gasteiger partial charge in [0.1, 0.15) is 5.82 Å². The van der Waals surface area contributed by atoms with Crippen LogP contribution in [0.5, 0.6) is 0 Å². The summed E-state index contributed by atoms with van der Waals surface area (Å²) in [6.07, 6.45) is 0. The van der Waals surface area contributed by atoms with Crippen molar-refractivity contribution >= 4 is 34.3 Å². The highest BCUT2D eigenvalue weighted by Gasteiger charge is 2.10. The summed E-state index contributed by atoms with van der Waals surface area (Å²) in [5, 5.41) is 2.83. The SMILES string of the molecule is Cc1cc(C)nc(NC(=O)c2ccccc2I)c1. The summed E-state index contributed by atoms with van der Waals surface area (Å²) in [5.41, 5.74) is 2.65. The minimum absolute atomic E-state index is 0.127. The molecule has 0 unspecified atom stereocenters. The third kappa shape index (κ3) is 3.07. The van der Waals surface area contributed by atoms with E-state index in [0.29, 0.717) is 11.4 Å². The molecule has 92 valence electrons. The number of benzene rings is 1. The maximum atomic E-state index is 12.1. The van der Waals surface area contributed by atoms with Crippen LogP contribution in [0.1, 0.15) is 21.6 Å². The monoisotopic (exact) mass is 352 g/mol. The van der Waals surface area contributed by atoms with E-state index in [1.54, 1.807) is 6.07 Å². The first-order chi connectivity index (χ1) is 8.56. The van der Waals surface area contributed by atoms with Crippen LogP contribution in [0.3, 0.4) is 0 Å². The third-order valence-corrected chi connectivity index (χ3v) is 3.40. The molecule has 0 saturated heterocycles. The third-order valence-electron chi connectivity index (χ3n) is 2.46. The fraction of sp³-hybridized carbons (Fsp3) is 0.143. The van der Waals surface area contributed by atoms with Crippen molar-refractivity contribution in [2.75, 3.05) is 5.32 Å². The van der Waals surface area contributed by atoms with Gasteiger partial charge in [-0.2, -0.15) is 0 Å². The number of hydrogen-bond acceptors (Lipinski definition) is 2. The zero-order valence-corrected chi connectivity index (χ0v) is 12.4. The first kappa shape index (κ1) is 13.0. The first-order valence-corrected chi connectivity index (χ1v) is 6.65. The van der Waals surface area contributed by atoms with Gasteiger partial charge in [0, 0.05) is 9.26 Å².